The van der Waals surface area contributed by atoms with Gasteiger partial charge in [-0.05, 0) is 36.8 Å². The van der Waals surface area contributed by atoms with Crippen LogP contribution in [0, 0.1) is 17.7 Å². The van der Waals surface area contributed by atoms with Crippen molar-refractivity contribution in [1.82, 2.24) is 5.43 Å². The molecule has 106 valence electrons. The highest BCUT2D eigenvalue weighted by Gasteiger charge is 2.30. The summed E-state index contributed by atoms with van der Waals surface area (Å²) in [5, 5.41) is 0. The molecule has 0 aliphatic heterocycles. The van der Waals surface area contributed by atoms with E-state index in [4.69, 9.17) is 5.84 Å². The maximum absolute atomic E-state index is 14.1. The Morgan fingerprint density at radius 3 is 2.58 bits per heavy atom. The maximum atomic E-state index is 14.1. The Hall–Kier alpha value is -0.450. The lowest BCUT2D eigenvalue weighted by atomic mass is 9.76. The van der Waals surface area contributed by atoms with Crippen molar-refractivity contribution in [3.05, 3.63) is 34.1 Å². The average molecular weight is 329 g/mol. The molecule has 0 bridgehead atoms. The van der Waals surface area contributed by atoms with E-state index in [1.165, 1.54) is 25.3 Å². The molecule has 1 atom stereocenters. The molecule has 2 rings (SSSR count). The maximum Gasteiger partial charge on any atom is 0.129 e. The minimum Gasteiger partial charge on any atom is -0.271 e. The van der Waals surface area contributed by atoms with Crippen molar-refractivity contribution in [2.45, 2.75) is 45.1 Å². The largest absolute Gasteiger partial charge is 0.271 e. The zero-order chi connectivity index (χ0) is 13.8. The van der Waals surface area contributed by atoms with Crippen LogP contribution in [0.5, 0.6) is 0 Å². The SMILES string of the molecule is CCC1CCC(C(NN)c2c(F)cccc2Br)CC1. The molecule has 0 saturated heterocycles. The topological polar surface area (TPSA) is 38.0 Å². The Labute approximate surface area is 123 Å². The molecule has 0 heterocycles. The van der Waals surface area contributed by atoms with E-state index >= 15 is 0 Å². The summed E-state index contributed by atoms with van der Waals surface area (Å²) in [7, 11) is 0. The Bertz CT molecular complexity index is 396. The second-order valence-electron chi connectivity index (χ2n) is 5.47. The quantitative estimate of drug-likeness (QED) is 0.638. The molecule has 1 saturated carbocycles. The molecular weight excluding hydrogens is 307 g/mol. The van der Waals surface area contributed by atoms with Crippen LogP contribution in [0.4, 0.5) is 4.39 Å². The number of benzene rings is 1. The normalized spacial score (nSPS) is 25.3. The van der Waals surface area contributed by atoms with Crippen molar-refractivity contribution in [1.29, 1.82) is 0 Å². The number of rotatable bonds is 4. The van der Waals surface area contributed by atoms with Crippen molar-refractivity contribution in [2.75, 3.05) is 0 Å². The number of hydrogen-bond acceptors (Lipinski definition) is 2. The molecule has 4 heteroatoms. The summed E-state index contributed by atoms with van der Waals surface area (Å²) in [5.41, 5.74) is 3.50. The lowest BCUT2D eigenvalue weighted by molar-refractivity contribution is 0.216. The summed E-state index contributed by atoms with van der Waals surface area (Å²) in [6.45, 7) is 2.25. The summed E-state index contributed by atoms with van der Waals surface area (Å²) in [4.78, 5) is 0. The number of nitrogens with one attached hydrogen (secondary N) is 1. The summed E-state index contributed by atoms with van der Waals surface area (Å²) in [6, 6.07) is 4.99. The van der Waals surface area contributed by atoms with Gasteiger partial charge in [0.2, 0.25) is 0 Å². The van der Waals surface area contributed by atoms with E-state index in [0.29, 0.717) is 11.5 Å². The molecular formula is C15H22BrFN2. The van der Waals surface area contributed by atoms with E-state index < -0.39 is 0 Å². The van der Waals surface area contributed by atoms with Crippen LogP contribution >= 0.6 is 15.9 Å². The predicted octanol–water partition coefficient (Wildman–Crippen LogP) is 4.31. The first-order chi connectivity index (χ1) is 9.17. The first kappa shape index (κ1) is 14.9. The Kier molecular flexibility index (Phi) is 5.37. The lowest BCUT2D eigenvalue weighted by Crippen LogP contribution is -2.36. The highest BCUT2D eigenvalue weighted by atomic mass is 79.9. The monoisotopic (exact) mass is 328 g/mol. The minimum absolute atomic E-state index is 0.103. The average Bonchev–Trinajstić information content (AvgIpc) is 2.43. The fraction of sp³-hybridized carbons (Fsp3) is 0.600. The van der Waals surface area contributed by atoms with Crippen LogP contribution in [-0.4, -0.2) is 0 Å². The van der Waals surface area contributed by atoms with Gasteiger partial charge in [0, 0.05) is 10.0 Å². The molecule has 2 nitrogen and oxygen atoms in total. The fourth-order valence-electron chi connectivity index (χ4n) is 3.19. The standard InChI is InChI=1S/C15H22BrFN2/c1-2-10-6-8-11(9-7-10)15(19-18)14-12(16)4-3-5-13(14)17/h3-5,10-11,15,19H,2,6-9,18H2,1H3. The van der Waals surface area contributed by atoms with Gasteiger partial charge in [-0.3, -0.25) is 11.3 Å². The molecule has 1 aliphatic carbocycles. The molecule has 0 radical (unpaired) electrons. The number of halogens is 2. The van der Waals surface area contributed by atoms with Gasteiger partial charge in [0.05, 0.1) is 6.04 Å². The highest BCUT2D eigenvalue weighted by Crippen LogP contribution is 2.40. The van der Waals surface area contributed by atoms with E-state index in [9.17, 15) is 4.39 Å². The molecule has 0 aromatic heterocycles. The van der Waals surface area contributed by atoms with E-state index in [1.807, 2.05) is 6.07 Å². The molecule has 1 aromatic carbocycles. The van der Waals surface area contributed by atoms with E-state index in [-0.39, 0.29) is 11.9 Å². The third kappa shape index (κ3) is 3.36. The summed E-state index contributed by atoms with van der Waals surface area (Å²) >= 11 is 3.45. The summed E-state index contributed by atoms with van der Waals surface area (Å²) < 4.78 is 14.9. The Balaban J connectivity index is 2.17. The smallest absolute Gasteiger partial charge is 0.129 e. The van der Waals surface area contributed by atoms with Gasteiger partial charge in [0.25, 0.3) is 0 Å². The van der Waals surface area contributed by atoms with Gasteiger partial charge in [-0.25, -0.2) is 4.39 Å². The van der Waals surface area contributed by atoms with Gasteiger partial charge < -0.3 is 0 Å². The van der Waals surface area contributed by atoms with Crippen molar-refractivity contribution in [3.63, 3.8) is 0 Å². The van der Waals surface area contributed by atoms with Gasteiger partial charge in [0.1, 0.15) is 5.82 Å². The molecule has 3 N–H and O–H groups in total. The molecule has 0 amide bonds. The lowest BCUT2D eigenvalue weighted by Gasteiger charge is -2.34. The summed E-state index contributed by atoms with van der Waals surface area (Å²) in [5.74, 6) is 6.77. The molecule has 1 fully saturated rings. The van der Waals surface area contributed by atoms with Gasteiger partial charge in [-0.2, -0.15) is 0 Å². The number of hydrogen-bond donors (Lipinski definition) is 2. The zero-order valence-corrected chi connectivity index (χ0v) is 12.9. The van der Waals surface area contributed by atoms with Crippen molar-refractivity contribution < 1.29 is 4.39 Å². The zero-order valence-electron chi connectivity index (χ0n) is 11.3. The number of nitrogens with two attached hydrogens (primary N) is 1. The second-order valence-corrected chi connectivity index (χ2v) is 6.32. The molecule has 0 spiro atoms. The van der Waals surface area contributed by atoms with Gasteiger partial charge in [0.15, 0.2) is 0 Å². The van der Waals surface area contributed by atoms with Crippen LogP contribution in [0.1, 0.15) is 50.6 Å². The summed E-state index contributed by atoms with van der Waals surface area (Å²) in [6.07, 6.45) is 5.94. The predicted molar refractivity (Wildman–Crippen MR) is 79.9 cm³/mol. The van der Waals surface area contributed by atoms with Crippen molar-refractivity contribution in [3.8, 4) is 0 Å². The van der Waals surface area contributed by atoms with Crippen molar-refractivity contribution in [2.24, 2.45) is 17.7 Å². The van der Waals surface area contributed by atoms with Gasteiger partial charge >= 0.3 is 0 Å². The Morgan fingerprint density at radius 1 is 1.37 bits per heavy atom. The van der Waals surface area contributed by atoms with E-state index in [1.54, 1.807) is 6.07 Å². The van der Waals surface area contributed by atoms with E-state index in [0.717, 1.165) is 23.2 Å². The van der Waals surface area contributed by atoms with Crippen LogP contribution in [0.25, 0.3) is 0 Å². The van der Waals surface area contributed by atoms with Gasteiger partial charge in [-0.1, -0.05) is 48.2 Å². The molecule has 19 heavy (non-hydrogen) atoms. The first-order valence-electron chi connectivity index (χ1n) is 7.07. The Morgan fingerprint density at radius 2 is 2.05 bits per heavy atom. The first-order valence-corrected chi connectivity index (χ1v) is 7.86. The third-order valence-corrected chi connectivity index (χ3v) is 5.12. The fourth-order valence-corrected chi connectivity index (χ4v) is 3.78. The minimum atomic E-state index is -0.185. The van der Waals surface area contributed by atoms with Crippen LogP contribution in [-0.2, 0) is 0 Å². The molecule has 1 unspecified atom stereocenters. The van der Waals surface area contributed by atoms with Crippen LogP contribution in [0.2, 0.25) is 0 Å². The third-order valence-electron chi connectivity index (χ3n) is 4.43. The highest BCUT2D eigenvalue weighted by molar-refractivity contribution is 9.10. The molecule has 1 aromatic rings. The van der Waals surface area contributed by atoms with E-state index in [2.05, 4.69) is 28.3 Å². The van der Waals surface area contributed by atoms with Crippen LogP contribution in [0.3, 0.4) is 0 Å². The molecule has 1 aliphatic rings. The second kappa shape index (κ2) is 6.82. The van der Waals surface area contributed by atoms with Crippen LogP contribution in [0.15, 0.2) is 22.7 Å². The van der Waals surface area contributed by atoms with Crippen molar-refractivity contribution >= 4 is 15.9 Å². The van der Waals surface area contributed by atoms with Gasteiger partial charge in [-0.15, -0.1) is 0 Å². The number of hydrazine groups is 1. The van der Waals surface area contributed by atoms with Crippen LogP contribution < -0.4 is 11.3 Å².